The Morgan fingerprint density at radius 2 is 1.04 bits per heavy atom. The highest BCUT2D eigenvalue weighted by Gasteiger charge is 2.40. The standard InChI is InChI=1S/C14H9F.C12H11F3O.C10H9F.C8H5F.C3HF3/c1-2-11-6-8-12(9-7-11)13-4-3-5-14(15)10-13;1-2-8-16-11(12(13,14)15)9-10-6-4-3-5-7-10;1-2-3-4-9-5-7-10(11)8-6-9;1-2-7-3-5-8(9)6-4-7;1-2-3(4,5)6/h1,3-10H;1,3-7,11H,8-9H2;1,5-8H,3-4H2;1,3-6H;1H. The fraction of sp³-hybridized carbons (Fsp3) is 0.149. The minimum absolute atomic E-state index is 0.200. The number of hydrogen-bond donors (Lipinski definition) is 0. The van der Waals surface area contributed by atoms with Gasteiger partial charge in [0, 0.05) is 29.9 Å². The highest BCUT2D eigenvalue weighted by Crippen LogP contribution is 2.26. The molecule has 0 aliphatic carbocycles. The predicted molar refractivity (Wildman–Crippen MR) is 207 cm³/mol. The molecule has 5 rings (SSSR count). The van der Waals surface area contributed by atoms with Crippen LogP contribution >= 0.6 is 0 Å². The van der Waals surface area contributed by atoms with E-state index in [1.165, 1.54) is 36.4 Å². The topological polar surface area (TPSA) is 9.23 Å². The maximum atomic E-state index is 13.0. The van der Waals surface area contributed by atoms with E-state index >= 15 is 0 Å². The Hall–Kier alpha value is -6.77. The molecule has 292 valence electrons. The number of alkyl halides is 6. The Labute approximate surface area is 327 Å². The van der Waals surface area contributed by atoms with Gasteiger partial charge in [-0.25, -0.2) is 13.2 Å². The van der Waals surface area contributed by atoms with E-state index in [1.807, 2.05) is 36.3 Å². The van der Waals surface area contributed by atoms with Crippen LogP contribution in [0, 0.1) is 79.2 Å². The van der Waals surface area contributed by atoms with Gasteiger partial charge in [-0.3, -0.25) is 0 Å². The molecule has 0 N–H and O–H groups in total. The monoisotopic (exact) mass is 786 g/mol. The van der Waals surface area contributed by atoms with Gasteiger partial charge in [-0.1, -0.05) is 84.5 Å². The molecule has 0 bridgehead atoms. The summed E-state index contributed by atoms with van der Waals surface area (Å²) in [5, 5.41) is 0. The van der Waals surface area contributed by atoms with E-state index in [0.29, 0.717) is 23.5 Å². The SMILES string of the molecule is C#CC(F)(F)F.C#CCCc1ccc(F)cc1.C#CCOC(Cc1ccccc1)C(F)(F)F.C#Cc1ccc(-c2cccc(F)c2)cc1.C#Cc1ccc(F)cc1. The summed E-state index contributed by atoms with van der Waals surface area (Å²) < 4.78 is 111. The minimum Gasteiger partial charge on any atom is -0.356 e. The lowest BCUT2D eigenvalue weighted by Crippen LogP contribution is -2.33. The third kappa shape index (κ3) is 22.3. The first-order valence-electron chi connectivity index (χ1n) is 16.5. The average molecular weight is 787 g/mol. The van der Waals surface area contributed by atoms with Gasteiger partial charge in [0.25, 0.3) is 0 Å². The average Bonchev–Trinajstić information content (AvgIpc) is 3.20. The molecule has 0 saturated carbocycles. The molecule has 0 spiro atoms. The van der Waals surface area contributed by atoms with Gasteiger partial charge in [0.1, 0.15) is 24.1 Å². The summed E-state index contributed by atoms with van der Waals surface area (Å²) >= 11 is 0. The van der Waals surface area contributed by atoms with Crippen molar-refractivity contribution in [3.63, 3.8) is 0 Å². The summed E-state index contributed by atoms with van der Waals surface area (Å²) in [6.45, 7) is -0.336. The second kappa shape index (κ2) is 26.1. The number of terminal acetylenes is 5. The Morgan fingerprint density at radius 1 is 0.526 bits per heavy atom. The van der Waals surface area contributed by atoms with Gasteiger partial charge in [0.05, 0.1) is 0 Å². The second-order valence-corrected chi connectivity index (χ2v) is 11.1. The number of benzene rings is 5. The number of ether oxygens (including phenoxy) is 1. The highest BCUT2D eigenvalue weighted by molar-refractivity contribution is 5.64. The van der Waals surface area contributed by atoms with E-state index in [0.717, 1.165) is 28.7 Å². The van der Waals surface area contributed by atoms with E-state index in [9.17, 15) is 39.5 Å². The fourth-order valence-electron chi connectivity index (χ4n) is 4.09. The van der Waals surface area contributed by atoms with Crippen LogP contribution in [-0.2, 0) is 17.6 Å². The number of hydrogen-bond acceptors (Lipinski definition) is 1. The van der Waals surface area contributed by atoms with Crippen molar-refractivity contribution in [3.8, 4) is 72.8 Å². The van der Waals surface area contributed by atoms with Gasteiger partial charge in [0.2, 0.25) is 0 Å². The molecule has 0 radical (unpaired) electrons. The molecule has 0 aromatic heterocycles. The zero-order valence-corrected chi connectivity index (χ0v) is 30.2. The largest absolute Gasteiger partial charge is 0.457 e. The lowest BCUT2D eigenvalue weighted by atomic mass is 10.0. The van der Waals surface area contributed by atoms with Crippen LogP contribution in [0.4, 0.5) is 39.5 Å². The molecule has 0 saturated heterocycles. The molecule has 10 heteroatoms. The molecule has 1 nitrogen and oxygen atoms in total. The maximum absolute atomic E-state index is 13.0. The Kier molecular flexibility index (Phi) is 22.1. The molecule has 0 aliphatic heterocycles. The van der Waals surface area contributed by atoms with E-state index in [4.69, 9.17) is 25.7 Å². The first-order valence-corrected chi connectivity index (χ1v) is 16.5. The van der Waals surface area contributed by atoms with Crippen molar-refractivity contribution in [2.45, 2.75) is 37.7 Å². The summed E-state index contributed by atoms with van der Waals surface area (Å²) in [5.41, 5.74) is 5.02. The summed E-state index contributed by atoms with van der Waals surface area (Å²) in [7, 11) is 0. The summed E-state index contributed by atoms with van der Waals surface area (Å²) in [5.74, 6) is 9.42. The van der Waals surface area contributed by atoms with E-state index in [2.05, 4.69) is 28.9 Å². The molecular formula is C47H35F9O. The molecule has 0 aliphatic rings. The predicted octanol–water partition coefficient (Wildman–Crippen LogP) is 11.7. The number of aryl methyl sites for hydroxylation is 1. The first-order chi connectivity index (χ1) is 27.0. The molecule has 0 heterocycles. The van der Waals surface area contributed by atoms with Crippen LogP contribution in [-0.4, -0.2) is 25.1 Å². The Bertz CT molecular complexity index is 2100. The second-order valence-electron chi connectivity index (χ2n) is 11.1. The van der Waals surface area contributed by atoms with Crippen LogP contribution in [0.15, 0.2) is 127 Å². The van der Waals surface area contributed by atoms with Gasteiger partial charge in [0.15, 0.2) is 6.10 Å². The van der Waals surface area contributed by atoms with Gasteiger partial charge in [-0.2, -0.15) is 26.3 Å². The third-order valence-electron chi connectivity index (χ3n) is 6.85. The van der Waals surface area contributed by atoms with Crippen molar-refractivity contribution in [2.75, 3.05) is 6.61 Å². The minimum atomic E-state index is -4.43. The molecule has 57 heavy (non-hydrogen) atoms. The first kappa shape index (κ1) is 48.2. The van der Waals surface area contributed by atoms with E-state index in [-0.39, 0.29) is 30.5 Å². The van der Waals surface area contributed by atoms with Crippen molar-refractivity contribution in [1.82, 2.24) is 0 Å². The van der Waals surface area contributed by atoms with Crippen LogP contribution in [0.25, 0.3) is 11.1 Å². The van der Waals surface area contributed by atoms with Crippen LogP contribution in [0.5, 0.6) is 0 Å². The van der Waals surface area contributed by atoms with E-state index in [1.54, 1.807) is 60.7 Å². The molecule has 5 aromatic rings. The summed E-state index contributed by atoms with van der Waals surface area (Å²) in [6.07, 6.45) is 14.8. The van der Waals surface area contributed by atoms with Gasteiger partial charge < -0.3 is 4.74 Å². The molecule has 5 aromatic carbocycles. The third-order valence-corrected chi connectivity index (χ3v) is 6.85. The van der Waals surface area contributed by atoms with Crippen LogP contribution in [0.2, 0.25) is 0 Å². The lowest BCUT2D eigenvalue weighted by Gasteiger charge is -2.19. The van der Waals surface area contributed by atoms with Gasteiger partial charge >= 0.3 is 12.4 Å². The molecule has 0 amide bonds. The van der Waals surface area contributed by atoms with Crippen molar-refractivity contribution >= 4 is 0 Å². The smallest absolute Gasteiger partial charge is 0.356 e. The van der Waals surface area contributed by atoms with E-state index < -0.39 is 18.5 Å². The zero-order valence-electron chi connectivity index (χ0n) is 30.2. The van der Waals surface area contributed by atoms with Crippen molar-refractivity contribution < 1.29 is 44.3 Å². The van der Waals surface area contributed by atoms with Gasteiger partial charge in [-0.15, -0.1) is 38.0 Å². The number of halogens is 9. The van der Waals surface area contributed by atoms with Gasteiger partial charge in [-0.05, 0) is 89.3 Å². The van der Waals surface area contributed by atoms with Crippen LogP contribution in [0.1, 0.15) is 28.7 Å². The molecular weight excluding hydrogens is 751 g/mol. The summed E-state index contributed by atoms with van der Waals surface area (Å²) in [6, 6.07) is 34.6. The Balaban J connectivity index is 0.000000369. The van der Waals surface area contributed by atoms with Crippen LogP contribution in [0.3, 0.4) is 0 Å². The summed E-state index contributed by atoms with van der Waals surface area (Å²) in [4.78, 5) is 0. The Morgan fingerprint density at radius 3 is 1.47 bits per heavy atom. The fourth-order valence-corrected chi connectivity index (χ4v) is 4.09. The number of rotatable bonds is 7. The lowest BCUT2D eigenvalue weighted by molar-refractivity contribution is -0.216. The molecule has 0 fully saturated rings. The highest BCUT2D eigenvalue weighted by atomic mass is 19.4. The molecule has 1 unspecified atom stereocenters. The normalized spacial score (nSPS) is 10.4. The van der Waals surface area contributed by atoms with Crippen molar-refractivity contribution in [2.24, 2.45) is 0 Å². The zero-order chi connectivity index (χ0) is 42.7. The maximum Gasteiger partial charge on any atom is 0.457 e. The molecule has 1 atom stereocenters. The van der Waals surface area contributed by atoms with Crippen LogP contribution < -0.4 is 0 Å². The van der Waals surface area contributed by atoms with Crippen molar-refractivity contribution in [3.05, 3.63) is 167 Å². The van der Waals surface area contributed by atoms with Crippen molar-refractivity contribution in [1.29, 1.82) is 0 Å². The quantitative estimate of drug-likeness (QED) is 0.118.